The van der Waals surface area contributed by atoms with Crippen molar-refractivity contribution in [1.82, 2.24) is 19.9 Å². The molecule has 102 valence electrons. The molecule has 0 aliphatic carbocycles. The minimum absolute atomic E-state index is 0.0966. The number of aliphatic hydroxyl groups excluding tert-OH is 2. The van der Waals surface area contributed by atoms with Gasteiger partial charge in [0.1, 0.15) is 17.8 Å². The van der Waals surface area contributed by atoms with Crippen LogP contribution in [0.15, 0.2) is 6.33 Å². The number of rotatable bonds is 3. The van der Waals surface area contributed by atoms with Crippen molar-refractivity contribution in [2.24, 2.45) is 0 Å². The van der Waals surface area contributed by atoms with Crippen LogP contribution in [-0.2, 0) is 4.74 Å². The van der Waals surface area contributed by atoms with E-state index in [1.807, 2.05) is 0 Å². The first-order valence-corrected chi connectivity index (χ1v) is 5.85. The molecule has 3 heterocycles. The van der Waals surface area contributed by atoms with E-state index in [2.05, 4.69) is 25.3 Å². The minimum Gasteiger partial charge on any atom is -0.394 e. The fourth-order valence-electron chi connectivity index (χ4n) is 2.09. The molecule has 0 saturated carbocycles. The number of anilines is 2. The Hall–Kier alpha value is -1.97. The van der Waals surface area contributed by atoms with Gasteiger partial charge >= 0.3 is 0 Å². The van der Waals surface area contributed by atoms with Gasteiger partial charge in [-0.1, -0.05) is 0 Å². The van der Waals surface area contributed by atoms with Gasteiger partial charge in [0.25, 0.3) is 0 Å². The molecule has 3 atom stereocenters. The van der Waals surface area contributed by atoms with E-state index in [9.17, 15) is 5.11 Å². The molecule has 1 fully saturated rings. The van der Waals surface area contributed by atoms with Crippen LogP contribution in [0.25, 0.3) is 11.2 Å². The highest BCUT2D eigenvalue weighted by atomic mass is 16.5. The van der Waals surface area contributed by atoms with Crippen molar-refractivity contribution in [2.75, 3.05) is 17.7 Å². The Morgan fingerprint density at radius 2 is 2.37 bits per heavy atom. The first kappa shape index (κ1) is 12.1. The molecule has 9 nitrogen and oxygen atoms in total. The second-order valence-electron chi connectivity index (χ2n) is 4.32. The second-order valence-corrected chi connectivity index (χ2v) is 4.32. The number of nitrogens with two attached hydrogens (primary N) is 1. The lowest BCUT2D eigenvalue weighted by molar-refractivity contribution is -0.0149. The lowest BCUT2D eigenvalue weighted by Gasteiger charge is -2.14. The van der Waals surface area contributed by atoms with Crippen molar-refractivity contribution in [3.63, 3.8) is 0 Å². The van der Waals surface area contributed by atoms with E-state index < -0.39 is 18.4 Å². The molecule has 9 heteroatoms. The average Bonchev–Trinajstić information content (AvgIpc) is 2.95. The van der Waals surface area contributed by atoms with Gasteiger partial charge in [-0.15, -0.1) is 0 Å². The van der Waals surface area contributed by atoms with Gasteiger partial charge in [-0.05, 0) is 0 Å². The van der Waals surface area contributed by atoms with Crippen LogP contribution in [-0.4, -0.2) is 55.2 Å². The SMILES string of the molecule is Nc1nc(N[C@@H]2C[C@H](O)[C@@H](CO)O2)c2[nH]cnc2n1. The van der Waals surface area contributed by atoms with E-state index in [0.717, 1.165) is 0 Å². The normalized spacial score (nSPS) is 26.9. The van der Waals surface area contributed by atoms with Crippen LogP contribution in [0.2, 0.25) is 0 Å². The highest BCUT2D eigenvalue weighted by molar-refractivity contribution is 5.83. The number of nitrogens with one attached hydrogen (secondary N) is 2. The van der Waals surface area contributed by atoms with Gasteiger partial charge < -0.3 is 31.0 Å². The van der Waals surface area contributed by atoms with E-state index in [1.54, 1.807) is 0 Å². The van der Waals surface area contributed by atoms with Crippen LogP contribution in [0.4, 0.5) is 11.8 Å². The first-order valence-electron chi connectivity index (χ1n) is 5.85. The minimum atomic E-state index is -0.709. The maximum Gasteiger partial charge on any atom is 0.224 e. The molecule has 0 radical (unpaired) electrons. The highest BCUT2D eigenvalue weighted by Gasteiger charge is 2.33. The van der Waals surface area contributed by atoms with Crippen LogP contribution in [0, 0.1) is 0 Å². The summed E-state index contributed by atoms with van der Waals surface area (Å²) in [5.41, 5.74) is 6.65. The van der Waals surface area contributed by atoms with Gasteiger partial charge in [0.15, 0.2) is 11.5 Å². The monoisotopic (exact) mass is 266 g/mol. The lowest BCUT2D eigenvalue weighted by atomic mass is 10.2. The molecule has 3 rings (SSSR count). The number of H-pyrrole nitrogens is 1. The second kappa shape index (κ2) is 4.61. The molecular formula is C10H14N6O3. The molecule has 6 N–H and O–H groups in total. The molecule has 0 bridgehead atoms. The molecule has 2 aromatic rings. The summed E-state index contributed by atoms with van der Waals surface area (Å²) in [7, 11) is 0. The molecule has 0 aromatic carbocycles. The van der Waals surface area contributed by atoms with Gasteiger partial charge in [0, 0.05) is 6.42 Å². The number of imidazole rings is 1. The Morgan fingerprint density at radius 3 is 3.11 bits per heavy atom. The summed E-state index contributed by atoms with van der Waals surface area (Å²) in [5, 5.41) is 21.7. The largest absolute Gasteiger partial charge is 0.394 e. The molecule has 2 aromatic heterocycles. The Balaban J connectivity index is 1.84. The number of ether oxygens (including phenoxy) is 1. The van der Waals surface area contributed by atoms with Crippen LogP contribution in [0.5, 0.6) is 0 Å². The number of nitrogens with zero attached hydrogens (tertiary/aromatic N) is 3. The highest BCUT2D eigenvalue weighted by Crippen LogP contribution is 2.24. The summed E-state index contributed by atoms with van der Waals surface area (Å²) >= 11 is 0. The maximum atomic E-state index is 9.66. The molecule has 1 aliphatic rings. The van der Waals surface area contributed by atoms with Crippen molar-refractivity contribution in [3.8, 4) is 0 Å². The van der Waals surface area contributed by atoms with E-state index in [-0.39, 0.29) is 12.6 Å². The van der Waals surface area contributed by atoms with Gasteiger partial charge in [0.05, 0.1) is 19.0 Å². The fourth-order valence-corrected chi connectivity index (χ4v) is 2.09. The summed E-state index contributed by atoms with van der Waals surface area (Å²) in [4.78, 5) is 15.0. The van der Waals surface area contributed by atoms with Crippen LogP contribution in [0.1, 0.15) is 6.42 Å². The summed E-state index contributed by atoms with van der Waals surface area (Å²) in [6, 6.07) is 0. The molecule has 19 heavy (non-hydrogen) atoms. The molecule has 1 aliphatic heterocycles. The van der Waals surface area contributed by atoms with Gasteiger partial charge in [-0.25, -0.2) is 4.98 Å². The van der Waals surface area contributed by atoms with Gasteiger partial charge in [-0.2, -0.15) is 9.97 Å². The molecule has 0 unspecified atom stereocenters. The summed E-state index contributed by atoms with van der Waals surface area (Å²) in [6.45, 7) is -0.231. The molecule has 1 saturated heterocycles. The molecule has 0 spiro atoms. The maximum absolute atomic E-state index is 9.66. The van der Waals surface area contributed by atoms with E-state index in [0.29, 0.717) is 23.4 Å². The number of hydrogen-bond acceptors (Lipinski definition) is 8. The summed E-state index contributed by atoms with van der Waals surface area (Å²) < 4.78 is 5.45. The summed E-state index contributed by atoms with van der Waals surface area (Å²) in [6.07, 6.45) is 0.0936. The van der Waals surface area contributed by atoms with Crippen molar-refractivity contribution in [2.45, 2.75) is 24.9 Å². The number of hydrogen-bond donors (Lipinski definition) is 5. The summed E-state index contributed by atoms with van der Waals surface area (Å²) in [5.74, 6) is 0.551. The van der Waals surface area contributed by atoms with Gasteiger partial charge in [0.2, 0.25) is 5.95 Å². The third-order valence-corrected chi connectivity index (χ3v) is 3.00. The third-order valence-electron chi connectivity index (χ3n) is 3.00. The van der Waals surface area contributed by atoms with Crippen LogP contribution in [0.3, 0.4) is 0 Å². The molecule has 0 amide bonds. The van der Waals surface area contributed by atoms with Crippen molar-refractivity contribution in [1.29, 1.82) is 0 Å². The van der Waals surface area contributed by atoms with Crippen molar-refractivity contribution in [3.05, 3.63) is 6.33 Å². The topological polar surface area (TPSA) is 142 Å². The van der Waals surface area contributed by atoms with Crippen LogP contribution < -0.4 is 11.1 Å². The van der Waals surface area contributed by atoms with Crippen LogP contribution >= 0.6 is 0 Å². The lowest BCUT2D eigenvalue weighted by Crippen LogP contribution is -2.25. The zero-order valence-corrected chi connectivity index (χ0v) is 9.95. The first-order chi connectivity index (χ1) is 9.17. The number of nitrogen functional groups attached to an aromatic ring is 1. The van der Waals surface area contributed by atoms with E-state index >= 15 is 0 Å². The van der Waals surface area contributed by atoms with E-state index in [1.165, 1.54) is 6.33 Å². The number of fused-ring (bicyclic) bond motifs is 1. The average molecular weight is 266 g/mol. The van der Waals surface area contributed by atoms with Crippen molar-refractivity contribution < 1.29 is 14.9 Å². The fraction of sp³-hybridized carbons (Fsp3) is 0.500. The quantitative estimate of drug-likeness (QED) is 0.467. The van der Waals surface area contributed by atoms with Crippen molar-refractivity contribution >= 4 is 22.9 Å². The Morgan fingerprint density at radius 1 is 1.53 bits per heavy atom. The Kier molecular flexibility index (Phi) is 2.93. The standard InChI is InChI=1S/C10H14N6O3/c11-10-15-8-7(12-3-13-8)9(16-10)14-6-1-4(18)5(2-17)19-6/h3-6,17-18H,1-2H2,(H4,11,12,13,14,15,16)/t4-,5+,6-/m0/s1. The number of aromatic nitrogens is 4. The number of aromatic amines is 1. The molecular weight excluding hydrogens is 252 g/mol. The zero-order valence-electron chi connectivity index (χ0n) is 9.95. The van der Waals surface area contributed by atoms with Gasteiger partial charge in [-0.3, -0.25) is 0 Å². The number of aliphatic hydroxyl groups is 2. The Labute approximate surface area is 107 Å². The predicted octanol–water partition coefficient (Wildman–Crippen LogP) is -1.18. The smallest absolute Gasteiger partial charge is 0.224 e. The zero-order chi connectivity index (χ0) is 13.4. The third kappa shape index (κ3) is 2.18. The Bertz CT molecular complexity index is 588. The van der Waals surface area contributed by atoms with E-state index in [4.69, 9.17) is 15.6 Å². The predicted molar refractivity (Wildman–Crippen MR) is 66.1 cm³/mol.